The third-order valence-corrected chi connectivity index (χ3v) is 4.06. The van der Waals surface area contributed by atoms with Crippen LogP contribution in [0.2, 0.25) is 0 Å². The number of alkyl halides is 3. The van der Waals surface area contributed by atoms with Crippen molar-refractivity contribution < 1.29 is 13.2 Å². The zero-order chi connectivity index (χ0) is 11.1. The molecule has 0 aromatic carbocycles. The molecule has 86 valence electrons. The highest BCUT2D eigenvalue weighted by atomic mass is 32.2. The smallest absolute Gasteiger partial charge is 0.171 e. The van der Waals surface area contributed by atoms with Gasteiger partial charge in [-0.2, -0.15) is 13.2 Å². The molecule has 0 unspecified atom stereocenters. The van der Waals surface area contributed by atoms with Crippen molar-refractivity contribution in [3.8, 4) is 0 Å². The second-order valence-corrected chi connectivity index (χ2v) is 5.55. The number of unbranched alkanes of at least 4 members (excludes halogenated alkanes) is 2. The van der Waals surface area contributed by atoms with E-state index < -0.39 is 12.6 Å². The van der Waals surface area contributed by atoms with Crippen LogP contribution in [-0.4, -0.2) is 11.9 Å². The minimum Gasteiger partial charge on any atom is -0.171 e. The molecular formula is C10H13F3S2. The molecule has 15 heavy (non-hydrogen) atoms. The van der Waals surface area contributed by atoms with Gasteiger partial charge in [-0.05, 0) is 30.0 Å². The van der Waals surface area contributed by atoms with E-state index in [0.717, 1.165) is 12.2 Å². The molecule has 1 heterocycles. The van der Waals surface area contributed by atoms with Crippen LogP contribution in [0.1, 0.15) is 25.7 Å². The molecule has 0 aliphatic carbocycles. The maximum Gasteiger partial charge on any atom is 0.389 e. The van der Waals surface area contributed by atoms with Gasteiger partial charge in [0.25, 0.3) is 0 Å². The fourth-order valence-corrected chi connectivity index (χ4v) is 2.98. The lowest BCUT2D eigenvalue weighted by atomic mass is 10.2. The molecule has 0 fully saturated rings. The monoisotopic (exact) mass is 254 g/mol. The number of rotatable bonds is 6. The lowest BCUT2D eigenvalue weighted by Gasteiger charge is -2.04. The predicted molar refractivity (Wildman–Crippen MR) is 59.6 cm³/mol. The summed E-state index contributed by atoms with van der Waals surface area (Å²) in [6.45, 7) is 0. The largest absolute Gasteiger partial charge is 0.389 e. The second kappa shape index (κ2) is 6.43. The van der Waals surface area contributed by atoms with Crippen LogP contribution in [0.15, 0.2) is 21.7 Å². The molecule has 0 saturated carbocycles. The Morgan fingerprint density at radius 2 is 2.00 bits per heavy atom. The van der Waals surface area contributed by atoms with Crippen molar-refractivity contribution in [3.63, 3.8) is 0 Å². The van der Waals surface area contributed by atoms with Crippen molar-refractivity contribution >= 4 is 23.1 Å². The van der Waals surface area contributed by atoms with E-state index in [4.69, 9.17) is 0 Å². The third kappa shape index (κ3) is 6.84. The average Bonchev–Trinajstić information content (AvgIpc) is 2.61. The van der Waals surface area contributed by atoms with Gasteiger partial charge in [0, 0.05) is 6.42 Å². The molecule has 0 spiro atoms. The third-order valence-electron chi connectivity index (χ3n) is 1.84. The van der Waals surface area contributed by atoms with Crippen molar-refractivity contribution in [1.29, 1.82) is 0 Å². The van der Waals surface area contributed by atoms with Gasteiger partial charge in [0.15, 0.2) is 0 Å². The average molecular weight is 254 g/mol. The molecular weight excluding hydrogens is 241 g/mol. The van der Waals surface area contributed by atoms with Crippen LogP contribution in [0.5, 0.6) is 0 Å². The van der Waals surface area contributed by atoms with Crippen LogP contribution < -0.4 is 0 Å². The first-order chi connectivity index (χ1) is 7.08. The summed E-state index contributed by atoms with van der Waals surface area (Å²) in [5.41, 5.74) is 0. The van der Waals surface area contributed by atoms with Gasteiger partial charge in [0.2, 0.25) is 0 Å². The van der Waals surface area contributed by atoms with Gasteiger partial charge in [-0.25, -0.2) is 0 Å². The first kappa shape index (κ1) is 12.9. The molecule has 0 N–H and O–H groups in total. The van der Waals surface area contributed by atoms with Crippen LogP contribution >= 0.6 is 23.1 Å². The number of thioether (sulfide) groups is 1. The van der Waals surface area contributed by atoms with Crippen molar-refractivity contribution in [2.75, 3.05) is 5.75 Å². The van der Waals surface area contributed by atoms with Gasteiger partial charge >= 0.3 is 6.18 Å². The maximum atomic E-state index is 11.8. The van der Waals surface area contributed by atoms with Crippen molar-refractivity contribution in [2.24, 2.45) is 0 Å². The highest BCUT2D eigenvalue weighted by Crippen LogP contribution is 2.26. The summed E-state index contributed by atoms with van der Waals surface area (Å²) in [5, 5.41) is 2.01. The lowest BCUT2D eigenvalue weighted by Crippen LogP contribution is -2.06. The number of hydrogen-bond donors (Lipinski definition) is 0. The summed E-state index contributed by atoms with van der Waals surface area (Å²) in [5.74, 6) is 0.915. The molecule has 0 bridgehead atoms. The highest BCUT2D eigenvalue weighted by Gasteiger charge is 2.25. The van der Waals surface area contributed by atoms with Crippen LogP contribution in [-0.2, 0) is 0 Å². The predicted octanol–water partition coefficient (Wildman–Crippen LogP) is 4.96. The molecule has 1 aromatic rings. The highest BCUT2D eigenvalue weighted by molar-refractivity contribution is 8.01. The van der Waals surface area contributed by atoms with Gasteiger partial charge in [0.1, 0.15) is 0 Å². The van der Waals surface area contributed by atoms with Crippen LogP contribution in [0.3, 0.4) is 0 Å². The van der Waals surface area contributed by atoms with Gasteiger partial charge in [-0.1, -0.05) is 12.5 Å². The van der Waals surface area contributed by atoms with Crippen molar-refractivity contribution in [3.05, 3.63) is 17.5 Å². The van der Waals surface area contributed by atoms with E-state index in [0.29, 0.717) is 6.42 Å². The van der Waals surface area contributed by atoms with E-state index in [1.807, 2.05) is 17.5 Å². The molecule has 0 radical (unpaired) electrons. The zero-order valence-electron chi connectivity index (χ0n) is 8.22. The van der Waals surface area contributed by atoms with Crippen LogP contribution in [0, 0.1) is 0 Å². The number of hydrogen-bond acceptors (Lipinski definition) is 2. The summed E-state index contributed by atoms with van der Waals surface area (Å²) < 4.78 is 36.6. The SMILES string of the molecule is FC(F)(F)CCCCCSc1cccs1. The number of halogens is 3. The molecule has 0 amide bonds. The molecule has 1 rings (SSSR count). The standard InChI is InChI=1S/C10H13F3S2/c11-10(12,13)6-2-1-3-7-14-9-5-4-8-15-9/h4-5,8H,1-3,6-7H2. The summed E-state index contributed by atoms with van der Waals surface area (Å²) in [6.07, 6.45) is -2.84. The van der Waals surface area contributed by atoms with Gasteiger partial charge < -0.3 is 0 Å². The summed E-state index contributed by atoms with van der Waals surface area (Å²) >= 11 is 3.40. The molecule has 0 aliphatic heterocycles. The Morgan fingerprint density at radius 1 is 1.20 bits per heavy atom. The molecule has 0 aliphatic rings. The quantitative estimate of drug-likeness (QED) is 0.510. The Kier molecular flexibility index (Phi) is 5.53. The van der Waals surface area contributed by atoms with Crippen molar-refractivity contribution in [2.45, 2.75) is 36.1 Å². The summed E-state index contributed by atoms with van der Waals surface area (Å²) in [6, 6.07) is 4.02. The summed E-state index contributed by atoms with van der Waals surface area (Å²) in [4.78, 5) is 0. The van der Waals surface area contributed by atoms with E-state index in [1.54, 1.807) is 23.1 Å². The lowest BCUT2D eigenvalue weighted by molar-refractivity contribution is -0.135. The molecule has 0 saturated heterocycles. The van der Waals surface area contributed by atoms with E-state index in [-0.39, 0.29) is 6.42 Å². The normalized spacial score (nSPS) is 11.9. The van der Waals surface area contributed by atoms with E-state index >= 15 is 0 Å². The maximum absolute atomic E-state index is 11.8. The Morgan fingerprint density at radius 3 is 2.60 bits per heavy atom. The Balaban J connectivity index is 1.94. The minimum absolute atomic E-state index is 0.258. The fourth-order valence-electron chi connectivity index (χ4n) is 1.12. The molecule has 5 heteroatoms. The van der Waals surface area contributed by atoms with E-state index in [9.17, 15) is 13.2 Å². The molecule has 1 aromatic heterocycles. The van der Waals surface area contributed by atoms with Gasteiger partial charge in [-0.3, -0.25) is 0 Å². The van der Waals surface area contributed by atoms with Crippen LogP contribution in [0.4, 0.5) is 13.2 Å². The second-order valence-electron chi connectivity index (χ2n) is 3.21. The van der Waals surface area contributed by atoms with E-state index in [2.05, 4.69) is 0 Å². The Bertz CT molecular complexity index is 254. The number of thiophene rings is 1. The van der Waals surface area contributed by atoms with Gasteiger partial charge in [-0.15, -0.1) is 23.1 Å². The van der Waals surface area contributed by atoms with Crippen molar-refractivity contribution in [1.82, 2.24) is 0 Å². The minimum atomic E-state index is -3.99. The molecule has 0 atom stereocenters. The first-order valence-electron chi connectivity index (χ1n) is 4.81. The Hall–Kier alpha value is -0.160. The topological polar surface area (TPSA) is 0 Å². The first-order valence-corrected chi connectivity index (χ1v) is 6.67. The van der Waals surface area contributed by atoms with Gasteiger partial charge in [0.05, 0.1) is 4.21 Å². The Labute approximate surface area is 95.9 Å². The van der Waals surface area contributed by atoms with Crippen LogP contribution in [0.25, 0.3) is 0 Å². The van der Waals surface area contributed by atoms with E-state index in [1.165, 1.54) is 4.21 Å². The molecule has 0 nitrogen and oxygen atoms in total. The zero-order valence-corrected chi connectivity index (χ0v) is 9.85. The fraction of sp³-hybridized carbons (Fsp3) is 0.600. The summed E-state index contributed by atoms with van der Waals surface area (Å²) in [7, 11) is 0.